The molecule has 13 heteroatoms. The van der Waals surface area contributed by atoms with E-state index in [-0.39, 0.29) is 0 Å². The van der Waals surface area contributed by atoms with Gasteiger partial charge in [-0.1, -0.05) is 37.3 Å². The minimum atomic E-state index is -2.39. The van der Waals surface area contributed by atoms with E-state index in [1.54, 1.807) is 40.4 Å². The Labute approximate surface area is 195 Å². The molecule has 192 valence electrons. The molecule has 1 unspecified atom stereocenters. The number of hydrogen-bond donors (Lipinski definition) is 4. The first-order valence-electron chi connectivity index (χ1n) is 10.0. The van der Waals surface area contributed by atoms with E-state index in [4.69, 9.17) is 15.7 Å². The predicted molar refractivity (Wildman–Crippen MR) is 144 cm³/mol. The highest BCUT2D eigenvalue weighted by Crippen LogP contribution is 2.35. The van der Waals surface area contributed by atoms with Gasteiger partial charge in [-0.2, -0.15) is 0 Å². The smallest absolute Gasteiger partial charge is 0.146 e. The summed E-state index contributed by atoms with van der Waals surface area (Å²) in [7, 11) is -6.84. The molecule has 1 atom stereocenters. The van der Waals surface area contributed by atoms with Crippen LogP contribution in [0.3, 0.4) is 0 Å². The number of ether oxygens (including phenoxy) is 1. The Kier molecular flexibility index (Phi) is 20.9. The van der Waals surface area contributed by atoms with Crippen molar-refractivity contribution in [2.45, 2.75) is 13.1 Å². The Morgan fingerprint density at radius 1 is 0.812 bits per heavy atom. The van der Waals surface area contributed by atoms with Crippen LogP contribution in [-0.4, -0.2) is 73.5 Å². The van der Waals surface area contributed by atoms with Crippen LogP contribution in [0, 0.1) is 0 Å². The third-order valence-electron chi connectivity index (χ3n) is 2.68. The topological polar surface area (TPSA) is 154 Å². The molecular formula is C19H46N4O5P4. The molecule has 1 aromatic rings. The lowest BCUT2D eigenvalue weighted by atomic mass is 10.2. The van der Waals surface area contributed by atoms with Gasteiger partial charge in [0.15, 0.2) is 0 Å². The van der Waals surface area contributed by atoms with Gasteiger partial charge in [0.25, 0.3) is 0 Å². The largest absolute Gasteiger partial charge is 0.383 e. The van der Waals surface area contributed by atoms with Gasteiger partial charge in [-0.3, -0.25) is 21.2 Å². The standard InChI is InChI=1S/C8H12NOP.C5H14NO2P.C4H12NOP.C2H8NOP/c1-11(9,10)7-8-5-3-2-4-6-8;1-8-5-4-6-9(2,3)7;1-4-5-7(2,3)6;1-5(2,3)4/h2-6H,7H2,1H3,(H2,9,10);4-5H2,1-3H3,(H,6,7);4H2,1-3H3,(H,5,6);1-2H3,(H2,3,4). The van der Waals surface area contributed by atoms with E-state index in [1.165, 1.54) is 13.3 Å². The van der Waals surface area contributed by atoms with Crippen LogP contribution in [-0.2, 0) is 29.2 Å². The molecule has 0 aromatic heterocycles. The third-order valence-corrected chi connectivity index (χ3v) is 5.73. The van der Waals surface area contributed by atoms with E-state index >= 15 is 0 Å². The van der Waals surface area contributed by atoms with Crippen molar-refractivity contribution >= 4 is 29.2 Å². The molecule has 0 aliphatic rings. The summed E-state index contributed by atoms with van der Waals surface area (Å²) < 4.78 is 47.5. The number of nitrogens with two attached hydrogens (primary N) is 2. The van der Waals surface area contributed by atoms with Crippen LogP contribution in [0.1, 0.15) is 12.5 Å². The van der Waals surface area contributed by atoms with Crippen molar-refractivity contribution in [3.8, 4) is 0 Å². The van der Waals surface area contributed by atoms with Gasteiger partial charge in [-0.05, 0) is 12.1 Å². The van der Waals surface area contributed by atoms with Crippen LogP contribution < -0.4 is 21.2 Å². The molecule has 0 bridgehead atoms. The average Bonchev–Trinajstić information content (AvgIpc) is 2.52. The highest BCUT2D eigenvalue weighted by Gasteiger charge is 2.07. The van der Waals surface area contributed by atoms with E-state index in [0.717, 1.165) is 12.1 Å². The molecule has 6 N–H and O–H groups in total. The first kappa shape index (κ1) is 36.5. The maximum absolute atomic E-state index is 11.2. The summed E-state index contributed by atoms with van der Waals surface area (Å²) in [4.78, 5) is 0. The molecule has 0 radical (unpaired) electrons. The Morgan fingerprint density at radius 3 is 1.47 bits per heavy atom. The van der Waals surface area contributed by atoms with Crippen LogP contribution >= 0.6 is 29.2 Å². The Bertz CT molecular complexity index is 761. The van der Waals surface area contributed by atoms with Crippen molar-refractivity contribution in [2.24, 2.45) is 11.0 Å². The summed E-state index contributed by atoms with van der Waals surface area (Å²) >= 11 is 0. The summed E-state index contributed by atoms with van der Waals surface area (Å²) in [6, 6.07) is 9.64. The van der Waals surface area contributed by atoms with Gasteiger partial charge >= 0.3 is 0 Å². The van der Waals surface area contributed by atoms with Crippen LogP contribution in [0.15, 0.2) is 30.3 Å². The highest BCUT2D eigenvalue weighted by atomic mass is 31.2. The Hall–Kier alpha value is -0.0600. The molecule has 32 heavy (non-hydrogen) atoms. The van der Waals surface area contributed by atoms with Gasteiger partial charge in [-0.15, -0.1) is 0 Å². The zero-order valence-corrected chi connectivity index (χ0v) is 24.8. The highest BCUT2D eigenvalue weighted by molar-refractivity contribution is 7.60. The van der Waals surface area contributed by atoms with Gasteiger partial charge in [0.2, 0.25) is 0 Å². The van der Waals surface area contributed by atoms with Crippen molar-refractivity contribution in [3.05, 3.63) is 35.9 Å². The van der Waals surface area contributed by atoms with E-state index in [0.29, 0.717) is 19.3 Å². The number of methoxy groups -OCH3 is 1. The van der Waals surface area contributed by atoms with E-state index in [1.807, 2.05) is 37.3 Å². The fourth-order valence-corrected chi connectivity index (χ4v) is 4.07. The number of hydrogen-bond acceptors (Lipinski definition) is 5. The predicted octanol–water partition coefficient (Wildman–Crippen LogP) is 4.43. The summed E-state index contributed by atoms with van der Waals surface area (Å²) in [5.41, 5.74) is 11.4. The molecule has 0 spiro atoms. The van der Waals surface area contributed by atoms with Gasteiger partial charge in [-0.25, -0.2) is 0 Å². The van der Waals surface area contributed by atoms with Crippen LogP contribution in [0.5, 0.6) is 0 Å². The molecule has 0 aliphatic heterocycles. The zero-order valence-electron chi connectivity index (χ0n) is 21.2. The first-order chi connectivity index (χ1) is 14.2. The maximum atomic E-state index is 11.2. The van der Waals surface area contributed by atoms with Crippen LogP contribution in [0.4, 0.5) is 0 Å². The Balaban J connectivity index is -0.000000365. The van der Waals surface area contributed by atoms with Crippen LogP contribution in [0.2, 0.25) is 0 Å². The summed E-state index contributed by atoms with van der Waals surface area (Å²) in [5, 5.41) is 5.69. The lowest BCUT2D eigenvalue weighted by molar-refractivity contribution is 0.204. The molecule has 0 amide bonds. The number of nitrogens with one attached hydrogen (secondary N) is 2. The first-order valence-corrected chi connectivity index (χ1v) is 20.3. The van der Waals surface area contributed by atoms with Crippen molar-refractivity contribution in [3.63, 3.8) is 0 Å². The molecule has 0 fully saturated rings. The quantitative estimate of drug-likeness (QED) is 0.280. The maximum Gasteiger partial charge on any atom is 0.146 e. The molecule has 0 saturated carbocycles. The zero-order chi connectivity index (χ0) is 26.1. The minimum Gasteiger partial charge on any atom is -0.383 e. The van der Waals surface area contributed by atoms with Gasteiger partial charge < -0.3 is 23.0 Å². The summed E-state index contributed by atoms with van der Waals surface area (Å²) in [5.74, 6) is 0. The van der Waals surface area contributed by atoms with E-state index in [2.05, 4.69) is 10.2 Å². The van der Waals surface area contributed by atoms with Crippen molar-refractivity contribution in [2.75, 3.05) is 73.5 Å². The van der Waals surface area contributed by atoms with E-state index < -0.39 is 29.2 Å². The molecule has 0 aliphatic carbocycles. The van der Waals surface area contributed by atoms with Gasteiger partial charge in [0.1, 0.15) is 29.2 Å². The molecule has 1 rings (SSSR count). The molecule has 0 heterocycles. The SMILES string of the molecule is CCNP(C)(C)=O.COCCNP(C)(C)=O.CP(C)(N)=O.CP(N)(=O)Cc1ccccc1. The fraction of sp³-hybridized carbons (Fsp3) is 0.684. The van der Waals surface area contributed by atoms with Gasteiger partial charge in [0, 0.05) is 66.5 Å². The second-order valence-corrected chi connectivity index (χ2v) is 19.9. The Morgan fingerprint density at radius 2 is 1.22 bits per heavy atom. The number of rotatable bonds is 8. The monoisotopic (exact) mass is 534 g/mol. The average molecular weight is 534 g/mol. The second kappa shape index (κ2) is 18.3. The van der Waals surface area contributed by atoms with Crippen molar-refractivity contribution in [1.82, 2.24) is 10.2 Å². The lowest BCUT2D eigenvalue weighted by Crippen LogP contribution is -2.14. The molecule has 0 saturated heterocycles. The van der Waals surface area contributed by atoms with Crippen molar-refractivity contribution in [1.29, 1.82) is 0 Å². The van der Waals surface area contributed by atoms with E-state index in [9.17, 15) is 18.3 Å². The van der Waals surface area contributed by atoms with Gasteiger partial charge in [0.05, 0.1) is 6.61 Å². The molecular weight excluding hydrogens is 488 g/mol. The number of benzene rings is 1. The summed E-state index contributed by atoms with van der Waals surface area (Å²) in [6.45, 7) is 15.5. The second-order valence-electron chi connectivity index (χ2n) is 8.37. The minimum absolute atomic E-state index is 0.494. The normalized spacial score (nSPS) is 13.2. The molecule has 1 aromatic carbocycles. The third kappa shape index (κ3) is 47.6. The lowest BCUT2D eigenvalue weighted by Gasteiger charge is -2.07. The molecule has 9 nitrogen and oxygen atoms in total. The summed E-state index contributed by atoms with van der Waals surface area (Å²) in [6.07, 6.45) is 0.494. The van der Waals surface area contributed by atoms with Crippen LogP contribution in [0.25, 0.3) is 0 Å². The fourth-order valence-electron chi connectivity index (χ4n) is 1.74. The van der Waals surface area contributed by atoms with Crippen molar-refractivity contribution < 1.29 is 23.0 Å².